The third-order valence-corrected chi connectivity index (χ3v) is 4.49. The van der Waals surface area contributed by atoms with E-state index in [-0.39, 0.29) is 0 Å². The molecule has 3 rings (SSSR count). The number of nitrogens with two attached hydrogens (primary N) is 1. The van der Waals surface area contributed by atoms with Gasteiger partial charge < -0.3 is 10.5 Å². The van der Waals surface area contributed by atoms with Gasteiger partial charge in [0.05, 0.1) is 0 Å². The number of nitrogens with zero attached hydrogens (tertiary/aromatic N) is 2. The first-order valence-corrected chi connectivity index (χ1v) is 9.41. The number of aromatic nitrogens is 1. The average Bonchev–Trinajstić information content (AvgIpc) is 2.73. The van der Waals surface area contributed by atoms with Crippen LogP contribution in [0.5, 0.6) is 5.75 Å². The molecule has 0 amide bonds. The van der Waals surface area contributed by atoms with Crippen molar-refractivity contribution in [1.82, 2.24) is 9.88 Å². The minimum absolute atomic E-state index is 0.520. The highest BCUT2D eigenvalue weighted by atomic mass is 16.5. The van der Waals surface area contributed by atoms with Crippen molar-refractivity contribution < 1.29 is 4.74 Å². The topological polar surface area (TPSA) is 51.4 Å². The molecule has 1 heterocycles. The van der Waals surface area contributed by atoms with Crippen LogP contribution in [0.25, 0.3) is 0 Å². The van der Waals surface area contributed by atoms with E-state index in [1.54, 1.807) is 6.20 Å². The Bertz CT molecular complexity index is 793. The molecule has 0 bridgehead atoms. The van der Waals surface area contributed by atoms with E-state index in [0.717, 1.165) is 37.4 Å². The van der Waals surface area contributed by atoms with Crippen LogP contribution < -0.4 is 10.5 Å². The van der Waals surface area contributed by atoms with Gasteiger partial charge in [0.25, 0.3) is 0 Å². The molecule has 0 aliphatic carbocycles. The van der Waals surface area contributed by atoms with E-state index in [1.807, 2.05) is 30.5 Å². The van der Waals surface area contributed by atoms with Crippen molar-refractivity contribution in [1.29, 1.82) is 0 Å². The second-order valence-electron chi connectivity index (χ2n) is 6.56. The van der Waals surface area contributed by atoms with Crippen LogP contribution in [0.4, 0.5) is 0 Å². The lowest BCUT2D eigenvalue weighted by molar-refractivity contribution is 0.260. The number of pyridine rings is 1. The monoisotopic (exact) mass is 361 g/mol. The molecule has 0 radical (unpaired) electrons. The molecule has 4 heteroatoms. The van der Waals surface area contributed by atoms with Crippen molar-refractivity contribution in [3.05, 3.63) is 95.8 Å². The Morgan fingerprint density at radius 2 is 1.63 bits per heavy atom. The quantitative estimate of drug-likeness (QED) is 0.599. The van der Waals surface area contributed by atoms with Crippen LogP contribution in [0.15, 0.2) is 79.1 Å². The van der Waals surface area contributed by atoms with Crippen LogP contribution in [0.3, 0.4) is 0 Å². The molecule has 0 saturated carbocycles. The van der Waals surface area contributed by atoms with Crippen molar-refractivity contribution in [3.63, 3.8) is 0 Å². The van der Waals surface area contributed by atoms with Crippen molar-refractivity contribution in [2.75, 3.05) is 19.6 Å². The Labute approximate surface area is 161 Å². The lowest BCUT2D eigenvalue weighted by Gasteiger charge is -2.23. The molecule has 0 saturated heterocycles. The van der Waals surface area contributed by atoms with Gasteiger partial charge in [-0.1, -0.05) is 54.6 Å². The number of rotatable bonds is 10. The van der Waals surface area contributed by atoms with Crippen LogP contribution in [0, 0.1) is 0 Å². The van der Waals surface area contributed by atoms with Gasteiger partial charge in [0.15, 0.2) is 0 Å². The van der Waals surface area contributed by atoms with Crippen LogP contribution >= 0.6 is 0 Å². The maximum atomic E-state index is 6.07. The number of hydrogen-bond acceptors (Lipinski definition) is 4. The summed E-state index contributed by atoms with van der Waals surface area (Å²) in [5, 5.41) is 0. The normalized spacial score (nSPS) is 10.9. The first kappa shape index (κ1) is 19.1. The second kappa shape index (κ2) is 10.5. The summed E-state index contributed by atoms with van der Waals surface area (Å²) in [5.74, 6) is 0.920. The molecule has 4 nitrogen and oxygen atoms in total. The maximum absolute atomic E-state index is 6.07. The molecular weight excluding hydrogens is 334 g/mol. The van der Waals surface area contributed by atoms with Crippen molar-refractivity contribution >= 4 is 0 Å². The summed E-state index contributed by atoms with van der Waals surface area (Å²) >= 11 is 0. The van der Waals surface area contributed by atoms with Crippen molar-refractivity contribution in [3.8, 4) is 5.75 Å². The second-order valence-corrected chi connectivity index (χ2v) is 6.56. The fraction of sp³-hybridized carbons (Fsp3) is 0.261. The van der Waals surface area contributed by atoms with Gasteiger partial charge in [-0.2, -0.15) is 0 Å². The summed E-state index contributed by atoms with van der Waals surface area (Å²) in [4.78, 5) is 6.53. The minimum atomic E-state index is 0.520. The van der Waals surface area contributed by atoms with Crippen LogP contribution in [0.2, 0.25) is 0 Å². The van der Waals surface area contributed by atoms with E-state index >= 15 is 0 Å². The van der Waals surface area contributed by atoms with E-state index in [0.29, 0.717) is 13.2 Å². The van der Waals surface area contributed by atoms with Gasteiger partial charge in [-0.05, 0) is 24.1 Å². The van der Waals surface area contributed by atoms with E-state index in [2.05, 4.69) is 52.3 Å². The van der Waals surface area contributed by atoms with Gasteiger partial charge >= 0.3 is 0 Å². The molecule has 0 aliphatic heterocycles. The molecule has 140 valence electrons. The molecule has 2 N–H and O–H groups in total. The van der Waals surface area contributed by atoms with Crippen molar-refractivity contribution in [2.24, 2.45) is 5.73 Å². The molecule has 0 unspecified atom stereocenters. The molecule has 0 fully saturated rings. The summed E-state index contributed by atoms with van der Waals surface area (Å²) in [5.41, 5.74) is 9.44. The Kier molecular flexibility index (Phi) is 7.39. The number of para-hydroxylation sites is 1. The van der Waals surface area contributed by atoms with Crippen LogP contribution in [-0.4, -0.2) is 29.5 Å². The zero-order valence-electron chi connectivity index (χ0n) is 15.6. The summed E-state index contributed by atoms with van der Waals surface area (Å²) in [6, 6.07) is 22.8. The van der Waals surface area contributed by atoms with E-state index in [9.17, 15) is 0 Å². The fourth-order valence-corrected chi connectivity index (χ4v) is 3.05. The molecule has 0 spiro atoms. The highest BCUT2D eigenvalue weighted by Gasteiger charge is 2.10. The molecular formula is C23H27N3O. The summed E-state index contributed by atoms with van der Waals surface area (Å²) < 4.78 is 6.07. The van der Waals surface area contributed by atoms with Gasteiger partial charge in [-0.3, -0.25) is 9.88 Å². The molecule has 0 atom stereocenters. The lowest BCUT2D eigenvalue weighted by Crippen LogP contribution is -2.31. The predicted octanol–water partition coefficient (Wildman–Crippen LogP) is 3.66. The first-order chi connectivity index (χ1) is 13.3. The molecule has 27 heavy (non-hydrogen) atoms. The van der Waals surface area contributed by atoms with Crippen molar-refractivity contribution in [2.45, 2.75) is 19.6 Å². The van der Waals surface area contributed by atoms with Gasteiger partial charge in [-0.25, -0.2) is 0 Å². The zero-order chi connectivity index (χ0) is 18.7. The maximum Gasteiger partial charge on any atom is 0.124 e. The third kappa shape index (κ3) is 6.20. The Morgan fingerprint density at radius 3 is 2.41 bits per heavy atom. The fourth-order valence-electron chi connectivity index (χ4n) is 3.05. The molecule has 2 aromatic carbocycles. The largest absolute Gasteiger partial charge is 0.489 e. The number of ether oxygens (including phenoxy) is 1. The Balaban J connectivity index is 1.63. The van der Waals surface area contributed by atoms with Gasteiger partial charge in [0.1, 0.15) is 12.4 Å². The molecule has 1 aromatic heterocycles. The summed E-state index contributed by atoms with van der Waals surface area (Å²) in [7, 11) is 0. The smallest absolute Gasteiger partial charge is 0.124 e. The van der Waals surface area contributed by atoms with E-state index < -0.39 is 0 Å². The zero-order valence-corrected chi connectivity index (χ0v) is 15.6. The summed E-state index contributed by atoms with van der Waals surface area (Å²) in [6.45, 7) is 3.83. The molecule has 0 aliphatic rings. The van der Waals surface area contributed by atoms with Gasteiger partial charge in [-0.15, -0.1) is 0 Å². The van der Waals surface area contributed by atoms with E-state index in [1.165, 1.54) is 11.1 Å². The van der Waals surface area contributed by atoms with Crippen LogP contribution in [0.1, 0.15) is 16.7 Å². The minimum Gasteiger partial charge on any atom is -0.489 e. The first-order valence-electron chi connectivity index (χ1n) is 9.41. The number of benzene rings is 2. The Morgan fingerprint density at radius 1 is 0.852 bits per heavy atom. The average molecular weight is 361 g/mol. The van der Waals surface area contributed by atoms with Gasteiger partial charge in [0, 0.05) is 49.7 Å². The van der Waals surface area contributed by atoms with E-state index in [4.69, 9.17) is 10.5 Å². The van der Waals surface area contributed by atoms with Crippen LogP contribution in [-0.2, 0) is 19.6 Å². The lowest BCUT2D eigenvalue weighted by atomic mass is 10.1. The third-order valence-electron chi connectivity index (χ3n) is 4.49. The Hall–Kier alpha value is -2.69. The predicted molar refractivity (Wildman–Crippen MR) is 109 cm³/mol. The molecule has 3 aromatic rings. The van der Waals surface area contributed by atoms with Gasteiger partial charge in [0.2, 0.25) is 0 Å². The standard InChI is InChI=1S/C23H27N3O/c24-13-16-26(15-12-20-7-2-1-3-8-20)18-22-10-4-5-11-23(22)27-19-21-9-6-14-25-17-21/h1-11,14,17H,12-13,15-16,18-19,24H2. The SMILES string of the molecule is NCCN(CCc1ccccc1)Cc1ccccc1OCc1cccnc1. The highest BCUT2D eigenvalue weighted by molar-refractivity contribution is 5.33. The number of hydrogen-bond donors (Lipinski definition) is 1. The summed E-state index contributed by atoms with van der Waals surface area (Å²) in [6.07, 6.45) is 4.62. The highest BCUT2D eigenvalue weighted by Crippen LogP contribution is 2.21.